The molecule has 1 aromatic heterocycles. The van der Waals surface area contributed by atoms with Gasteiger partial charge in [0.15, 0.2) is 11.6 Å². The summed E-state index contributed by atoms with van der Waals surface area (Å²) in [4.78, 5) is 32.6. The fourth-order valence-electron chi connectivity index (χ4n) is 5.62. The number of aromatic nitrogens is 2. The minimum atomic E-state index is -4.02. The lowest BCUT2D eigenvalue weighted by molar-refractivity contribution is -0.0486. The van der Waals surface area contributed by atoms with Crippen molar-refractivity contribution in [3.8, 4) is 17.6 Å². The van der Waals surface area contributed by atoms with Crippen molar-refractivity contribution in [1.29, 1.82) is 5.26 Å². The Hall–Kier alpha value is -3.78. The molecule has 1 atom stereocenters. The highest BCUT2D eigenvalue weighted by Gasteiger charge is 2.45. The first kappa shape index (κ1) is 34.6. The molecule has 1 amide bonds. The SMILES string of the molecule is CCN(C)S(=O)(=O)Nc1ccc(F)c(Oc2ccc3ncn(C4COC5(CCN(C(=O)OC(C)(C)C)CC5)C4)c(=O)c3c2Br)c1C#N. The third-order valence-corrected chi connectivity index (χ3v) is 10.6. The van der Waals surface area contributed by atoms with Gasteiger partial charge in [0.2, 0.25) is 0 Å². The summed E-state index contributed by atoms with van der Waals surface area (Å²) >= 11 is 3.43. The van der Waals surface area contributed by atoms with Gasteiger partial charge < -0.3 is 19.1 Å². The summed E-state index contributed by atoms with van der Waals surface area (Å²) in [5.41, 5.74) is -1.66. The summed E-state index contributed by atoms with van der Waals surface area (Å²) in [5, 5.41) is 10.0. The predicted molar refractivity (Wildman–Crippen MR) is 175 cm³/mol. The van der Waals surface area contributed by atoms with Crippen LogP contribution in [0.15, 0.2) is 39.9 Å². The van der Waals surface area contributed by atoms with Gasteiger partial charge in [0, 0.05) is 26.7 Å². The van der Waals surface area contributed by atoms with Gasteiger partial charge in [-0.05, 0) is 80.2 Å². The number of hydrogen-bond donors (Lipinski definition) is 1. The summed E-state index contributed by atoms with van der Waals surface area (Å²) < 4.78 is 62.9. The van der Waals surface area contributed by atoms with Crippen molar-refractivity contribution in [3.05, 3.63) is 56.8 Å². The van der Waals surface area contributed by atoms with Gasteiger partial charge in [-0.3, -0.25) is 14.1 Å². The van der Waals surface area contributed by atoms with Crippen LogP contribution in [0, 0.1) is 17.1 Å². The van der Waals surface area contributed by atoms with E-state index in [0.717, 1.165) is 16.4 Å². The van der Waals surface area contributed by atoms with E-state index in [9.17, 15) is 23.3 Å². The van der Waals surface area contributed by atoms with Crippen molar-refractivity contribution in [2.45, 2.75) is 64.2 Å². The second kappa shape index (κ2) is 13.0. The van der Waals surface area contributed by atoms with Gasteiger partial charge >= 0.3 is 16.3 Å². The highest BCUT2D eigenvalue weighted by atomic mass is 79.9. The van der Waals surface area contributed by atoms with E-state index in [0.29, 0.717) is 37.9 Å². The Morgan fingerprint density at radius 2 is 1.98 bits per heavy atom. The highest BCUT2D eigenvalue weighted by molar-refractivity contribution is 9.10. The summed E-state index contributed by atoms with van der Waals surface area (Å²) in [5.74, 6) is -1.40. The maximum absolute atomic E-state index is 15.1. The van der Waals surface area contributed by atoms with E-state index in [1.54, 1.807) is 11.8 Å². The largest absolute Gasteiger partial charge is 0.452 e. The Balaban J connectivity index is 1.40. The Labute approximate surface area is 280 Å². The second-order valence-electron chi connectivity index (χ2n) is 12.6. The number of likely N-dealkylation sites (tertiary alicyclic amines) is 1. The van der Waals surface area contributed by atoms with Crippen LogP contribution in [-0.2, 0) is 19.7 Å². The molecule has 2 saturated heterocycles. The molecule has 47 heavy (non-hydrogen) atoms. The maximum Gasteiger partial charge on any atom is 0.410 e. The summed E-state index contributed by atoms with van der Waals surface area (Å²) in [6.45, 7) is 8.49. The number of amides is 1. The van der Waals surface area contributed by atoms with E-state index in [-0.39, 0.29) is 57.7 Å². The fourth-order valence-corrected chi connectivity index (χ4v) is 7.15. The average Bonchev–Trinajstić information content (AvgIpc) is 3.41. The van der Waals surface area contributed by atoms with Crippen LogP contribution in [0.2, 0.25) is 0 Å². The average molecular weight is 736 g/mol. The van der Waals surface area contributed by atoms with Crippen molar-refractivity contribution in [2.24, 2.45) is 0 Å². The molecule has 2 fully saturated rings. The molecule has 2 aromatic carbocycles. The number of rotatable bonds is 7. The molecular formula is C31H36BrFN6O7S. The predicted octanol–water partition coefficient (Wildman–Crippen LogP) is 5.30. The Morgan fingerprint density at radius 3 is 2.62 bits per heavy atom. The molecule has 2 aliphatic rings. The molecule has 252 valence electrons. The number of halogens is 2. The molecule has 3 heterocycles. The topological polar surface area (TPSA) is 156 Å². The Morgan fingerprint density at radius 1 is 1.28 bits per heavy atom. The van der Waals surface area contributed by atoms with Gasteiger partial charge in [0.25, 0.3) is 5.56 Å². The number of carbonyl (C=O) groups is 1. The van der Waals surface area contributed by atoms with Crippen molar-refractivity contribution in [3.63, 3.8) is 0 Å². The normalized spacial score (nSPS) is 18.0. The Bertz CT molecular complexity index is 1920. The van der Waals surface area contributed by atoms with Gasteiger partial charge in [-0.25, -0.2) is 14.2 Å². The van der Waals surface area contributed by atoms with E-state index < -0.39 is 33.0 Å². The van der Waals surface area contributed by atoms with Crippen LogP contribution < -0.4 is 15.0 Å². The highest BCUT2D eigenvalue weighted by Crippen LogP contribution is 2.42. The van der Waals surface area contributed by atoms with Gasteiger partial charge in [0.1, 0.15) is 23.0 Å². The first-order valence-corrected chi connectivity index (χ1v) is 17.3. The zero-order valence-corrected chi connectivity index (χ0v) is 29.1. The Kier molecular flexibility index (Phi) is 9.57. The lowest BCUT2D eigenvalue weighted by atomic mass is 9.87. The number of nitriles is 1. The minimum Gasteiger partial charge on any atom is -0.452 e. The van der Waals surface area contributed by atoms with Crippen LogP contribution >= 0.6 is 15.9 Å². The molecule has 0 aliphatic carbocycles. The van der Waals surface area contributed by atoms with Crippen molar-refractivity contribution in [1.82, 2.24) is 18.8 Å². The molecule has 0 radical (unpaired) electrons. The first-order chi connectivity index (χ1) is 22.1. The third-order valence-electron chi connectivity index (χ3n) is 8.29. The number of ether oxygens (including phenoxy) is 3. The molecule has 0 bridgehead atoms. The van der Waals surface area contributed by atoms with Crippen molar-refractivity contribution < 1.29 is 31.8 Å². The number of nitrogens with one attached hydrogen (secondary N) is 1. The molecule has 1 N–H and O–H groups in total. The number of hydrogen-bond acceptors (Lipinski definition) is 9. The molecule has 2 aliphatic heterocycles. The number of benzene rings is 2. The first-order valence-electron chi connectivity index (χ1n) is 15.0. The van der Waals surface area contributed by atoms with Crippen LogP contribution in [0.5, 0.6) is 11.5 Å². The van der Waals surface area contributed by atoms with Gasteiger partial charge in [-0.2, -0.15) is 18.0 Å². The van der Waals surface area contributed by atoms with Crippen LogP contribution in [0.1, 0.15) is 58.6 Å². The quantitative estimate of drug-likeness (QED) is 0.340. The van der Waals surface area contributed by atoms with Gasteiger partial charge in [-0.15, -0.1) is 0 Å². The van der Waals surface area contributed by atoms with E-state index >= 15 is 4.39 Å². The lowest BCUT2D eigenvalue weighted by Gasteiger charge is -2.39. The van der Waals surface area contributed by atoms with Gasteiger partial charge in [-0.1, -0.05) is 6.92 Å². The fraction of sp³-hybridized carbons (Fsp3) is 0.484. The minimum absolute atomic E-state index is 0.0175. The van der Waals surface area contributed by atoms with E-state index in [4.69, 9.17) is 14.2 Å². The lowest BCUT2D eigenvalue weighted by Crippen LogP contribution is -2.48. The maximum atomic E-state index is 15.1. The molecule has 3 aromatic rings. The standard InChI is InChI=1S/C31H36BrFN6O7S/c1-6-37(5)47(42,43)36-22-8-7-21(33)27(20(22)16-34)45-24-10-9-23-25(26(24)32)28(40)39(18-35-23)19-15-31(44-17-19)11-13-38(14-12-31)29(41)46-30(2,3)4/h7-10,18-19,36H,6,11-15,17H2,1-5H3. The monoisotopic (exact) mass is 734 g/mol. The summed E-state index contributed by atoms with van der Waals surface area (Å²) in [6, 6.07) is 6.62. The summed E-state index contributed by atoms with van der Waals surface area (Å²) in [6.07, 6.45) is 2.84. The second-order valence-corrected chi connectivity index (χ2v) is 15.2. The molecular weight excluding hydrogens is 699 g/mol. The van der Waals surface area contributed by atoms with E-state index in [2.05, 4.69) is 25.6 Å². The summed E-state index contributed by atoms with van der Waals surface area (Å²) in [7, 11) is -2.66. The van der Waals surface area contributed by atoms with Crippen LogP contribution in [0.4, 0.5) is 14.9 Å². The molecule has 0 saturated carbocycles. The van der Waals surface area contributed by atoms with Crippen LogP contribution in [-0.4, -0.2) is 77.8 Å². The third kappa shape index (κ3) is 7.08. The number of nitrogens with zero attached hydrogens (tertiary/aromatic N) is 5. The molecule has 16 heteroatoms. The van der Waals surface area contributed by atoms with Crippen LogP contribution in [0.3, 0.4) is 0 Å². The van der Waals surface area contributed by atoms with E-state index in [1.807, 2.05) is 26.8 Å². The number of fused-ring (bicyclic) bond motifs is 1. The molecule has 13 nitrogen and oxygen atoms in total. The van der Waals surface area contributed by atoms with E-state index in [1.165, 1.54) is 30.1 Å². The van der Waals surface area contributed by atoms with Gasteiger partial charge in [0.05, 0.1) is 45.6 Å². The van der Waals surface area contributed by atoms with Crippen molar-refractivity contribution in [2.75, 3.05) is 38.0 Å². The molecule has 1 spiro atoms. The zero-order valence-electron chi connectivity index (χ0n) is 26.7. The van der Waals surface area contributed by atoms with Crippen LogP contribution in [0.25, 0.3) is 10.9 Å². The number of piperidine rings is 1. The zero-order chi connectivity index (χ0) is 34.3. The molecule has 1 unspecified atom stereocenters. The molecule has 5 rings (SSSR count). The number of anilines is 1. The van der Waals surface area contributed by atoms with Crippen molar-refractivity contribution >= 4 is 48.8 Å². The number of carbonyl (C=O) groups excluding carboxylic acids is 1. The smallest absolute Gasteiger partial charge is 0.410 e.